The second kappa shape index (κ2) is 6.18. The Morgan fingerprint density at radius 3 is 2.11 bits per heavy atom. The minimum atomic E-state index is -0.293. The largest absolute Gasteiger partial charge is 0.355 e. The molecule has 2 amide bonds. The van der Waals surface area contributed by atoms with Crippen LogP contribution in [0, 0.1) is 5.41 Å². The Balaban J connectivity index is 2.28. The molecule has 1 aliphatic heterocycles. The second-order valence-corrected chi connectivity index (χ2v) is 5.87. The van der Waals surface area contributed by atoms with E-state index in [2.05, 4.69) is 10.2 Å². The van der Waals surface area contributed by atoms with E-state index in [0.717, 1.165) is 32.7 Å². The molecule has 1 saturated heterocycles. The van der Waals surface area contributed by atoms with E-state index in [1.165, 1.54) is 6.92 Å². The Labute approximate surface area is 110 Å². The summed E-state index contributed by atoms with van der Waals surface area (Å²) in [7, 11) is 0. The molecule has 5 heteroatoms. The third-order valence-corrected chi connectivity index (χ3v) is 3.10. The van der Waals surface area contributed by atoms with Gasteiger partial charge in [-0.05, 0) is 0 Å². The van der Waals surface area contributed by atoms with Crippen molar-refractivity contribution in [3.63, 3.8) is 0 Å². The van der Waals surface area contributed by atoms with Crippen molar-refractivity contribution in [1.29, 1.82) is 0 Å². The maximum Gasteiger partial charge on any atom is 0.228 e. The molecule has 1 rings (SSSR count). The van der Waals surface area contributed by atoms with Gasteiger partial charge < -0.3 is 10.2 Å². The van der Waals surface area contributed by atoms with Crippen molar-refractivity contribution in [2.75, 3.05) is 39.3 Å². The average molecular weight is 255 g/mol. The lowest BCUT2D eigenvalue weighted by molar-refractivity contribution is -0.141. The maximum atomic E-state index is 12.1. The third kappa shape index (κ3) is 4.64. The molecular formula is C13H25N3O2. The molecule has 0 unspecified atom stereocenters. The van der Waals surface area contributed by atoms with Crippen LogP contribution in [-0.2, 0) is 9.59 Å². The van der Waals surface area contributed by atoms with Gasteiger partial charge in [0.25, 0.3) is 0 Å². The quantitative estimate of drug-likeness (QED) is 0.790. The van der Waals surface area contributed by atoms with Crippen LogP contribution in [0.4, 0.5) is 0 Å². The summed E-state index contributed by atoms with van der Waals surface area (Å²) in [6.07, 6.45) is 0. The molecule has 0 aromatic rings. The van der Waals surface area contributed by atoms with Gasteiger partial charge in [-0.25, -0.2) is 0 Å². The molecule has 5 nitrogen and oxygen atoms in total. The van der Waals surface area contributed by atoms with Crippen LogP contribution >= 0.6 is 0 Å². The van der Waals surface area contributed by atoms with Gasteiger partial charge in [-0.2, -0.15) is 0 Å². The molecule has 0 saturated carbocycles. The molecular weight excluding hydrogens is 230 g/mol. The summed E-state index contributed by atoms with van der Waals surface area (Å²) < 4.78 is 0. The Morgan fingerprint density at radius 1 is 1.11 bits per heavy atom. The molecule has 1 N–H and O–H groups in total. The highest BCUT2D eigenvalue weighted by Crippen LogP contribution is 2.18. The number of nitrogens with one attached hydrogen (secondary N) is 1. The highest BCUT2D eigenvalue weighted by atomic mass is 16.2. The monoisotopic (exact) mass is 255 g/mol. The maximum absolute atomic E-state index is 12.1. The number of piperazine rings is 1. The van der Waals surface area contributed by atoms with Crippen molar-refractivity contribution >= 4 is 11.8 Å². The number of hydrogen-bond donors (Lipinski definition) is 1. The van der Waals surface area contributed by atoms with E-state index in [-0.39, 0.29) is 17.2 Å². The molecule has 1 heterocycles. The lowest BCUT2D eigenvalue weighted by Crippen LogP contribution is -2.52. The Kier molecular flexibility index (Phi) is 5.14. The van der Waals surface area contributed by atoms with Crippen LogP contribution in [0.5, 0.6) is 0 Å². The predicted octanol–water partition coefficient (Wildman–Crippen LogP) is 0.313. The third-order valence-electron chi connectivity index (χ3n) is 3.10. The number of hydrogen-bond acceptors (Lipinski definition) is 3. The van der Waals surface area contributed by atoms with Crippen LogP contribution in [0.2, 0.25) is 0 Å². The Bertz CT molecular complexity index is 302. The van der Waals surface area contributed by atoms with Gasteiger partial charge in [-0.1, -0.05) is 20.8 Å². The van der Waals surface area contributed by atoms with Gasteiger partial charge in [0.1, 0.15) is 0 Å². The van der Waals surface area contributed by atoms with Crippen molar-refractivity contribution in [2.24, 2.45) is 5.41 Å². The molecule has 0 aliphatic carbocycles. The average Bonchev–Trinajstić information content (AvgIpc) is 2.27. The summed E-state index contributed by atoms with van der Waals surface area (Å²) in [5.41, 5.74) is -0.293. The van der Waals surface area contributed by atoms with E-state index in [0.29, 0.717) is 6.54 Å². The summed E-state index contributed by atoms with van der Waals surface area (Å²) in [6, 6.07) is 0. The van der Waals surface area contributed by atoms with E-state index in [4.69, 9.17) is 0 Å². The SMILES string of the molecule is CC(=O)NCCN1CCN(C(=O)C(C)(C)C)CC1. The molecule has 104 valence electrons. The first-order valence-corrected chi connectivity index (χ1v) is 6.57. The summed E-state index contributed by atoms with van der Waals surface area (Å²) in [4.78, 5) is 27.1. The number of carbonyl (C=O) groups excluding carboxylic acids is 2. The van der Waals surface area contributed by atoms with Gasteiger partial charge in [0.15, 0.2) is 0 Å². The number of carbonyl (C=O) groups is 2. The predicted molar refractivity (Wildman–Crippen MR) is 71.2 cm³/mol. The second-order valence-electron chi connectivity index (χ2n) is 5.87. The van der Waals surface area contributed by atoms with Crippen molar-refractivity contribution in [3.8, 4) is 0 Å². The van der Waals surface area contributed by atoms with Crippen LogP contribution in [0.15, 0.2) is 0 Å². The van der Waals surface area contributed by atoms with Crippen LogP contribution in [0.3, 0.4) is 0 Å². The van der Waals surface area contributed by atoms with E-state index < -0.39 is 0 Å². The molecule has 1 aliphatic rings. The first-order chi connectivity index (χ1) is 8.30. The van der Waals surface area contributed by atoms with Gasteiger partial charge in [0.2, 0.25) is 11.8 Å². The zero-order valence-corrected chi connectivity index (χ0v) is 12.0. The summed E-state index contributed by atoms with van der Waals surface area (Å²) in [5.74, 6) is 0.237. The number of nitrogens with zero attached hydrogens (tertiary/aromatic N) is 2. The first-order valence-electron chi connectivity index (χ1n) is 6.57. The minimum absolute atomic E-state index is 0.0107. The van der Waals surface area contributed by atoms with Gasteiger partial charge in [0, 0.05) is 51.6 Å². The van der Waals surface area contributed by atoms with Crippen molar-refractivity contribution < 1.29 is 9.59 Å². The van der Waals surface area contributed by atoms with Crippen LogP contribution in [0.25, 0.3) is 0 Å². The lowest BCUT2D eigenvalue weighted by atomic mass is 9.94. The topological polar surface area (TPSA) is 52.7 Å². The highest BCUT2D eigenvalue weighted by Gasteiger charge is 2.29. The molecule has 0 bridgehead atoms. The Hall–Kier alpha value is -1.10. The van der Waals surface area contributed by atoms with E-state index in [9.17, 15) is 9.59 Å². The van der Waals surface area contributed by atoms with Crippen molar-refractivity contribution in [3.05, 3.63) is 0 Å². The van der Waals surface area contributed by atoms with Gasteiger partial charge in [-0.3, -0.25) is 14.5 Å². The molecule has 0 aromatic carbocycles. The standard InChI is InChI=1S/C13H25N3O2/c1-11(17)14-5-6-15-7-9-16(10-8-15)12(18)13(2,3)4/h5-10H2,1-4H3,(H,14,17). The molecule has 1 fully saturated rings. The Morgan fingerprint density at radius 2 is 1.67 bits per heavy atom. The fourth-order valence-corrected chi connectivity index (χ4v) is 2.04. The normalized spacial score (nSPS) is 17.7. The fourth-order valence-electron chi connectivity index (χ4n) is 2.04. The number of amides is 2. The van der Waals surface area contributed by atoms with Crippen LogP contribution in [-0.4, -0.2) is 60.9 Å². The zero-order valence-electron chi connectivity index (χ0n) is 12.0. The van der Waals surface area contributed by atoms with E-state index in [1.54, 1.807) is 0 Å². The highest BCUT2D eigenvalue weighted by molar-refractivity contribution is 5.81. The summed E-state index contributed by atoms with van der Waals surface area (Å²) in [6.45, 7) is 12.3. The van der Waals surface area contributed by atoms with Crippen LogP contribution in [0.1, 0.15) is 27.7 Å². The molecule has 0 aromatic heterocycles. The molecule has 18 heavy (non-hydrogen) atoms. The van der Waals surface area contributed by atoms with Gasteiger partial charge in [0.05, 0.1) is 0 Å². The van der Waals surface area contributed by atoms with Crippen molar-refractivity contribution in [2.45, 2.75) is 27.7 Å². The summed E-state index contributed by atoms with van der Waals surface area (Å²) in [5, 5.41) is 2.79. The molecule has 0 radical (unpaired) electrons. The molecule has 0 atom stereocenters. The van der Waals surface area contributed by atoms with Crippen molar-refractivity contribution in [1.82, 2.24) is 15.1 Å². The smallest absolute Gasteiger partial charge is 0.228 e. The first kappa shape index (κ1) is 15.0. The minimum Gasteiger partial charge on any atom is -0.355 e. The van der Waals surface area contributed by atoms with Gasteiger partial charge >= 0.3 is 0 Å². The number of rotatable bonds is 3. The fraction of sp³-hybridized carbons (Fsp3) is 0.846. The van der Waals surface area contributed by atoms with E-state index >= 15 is 0 Å². The molecule has 0 spiro atoms. The van der Waals surface area contributed by atoms with E-state index in [1.807, 2.05) is 25.7 Å². The van der Waals surface area contributed by atoms with Gasteiger partial charge in [-0.15, -0.1) is 0 Å². The zero-order chi connectivity index (χ0) is 13.8. The van der Waals surface area contributed by atoms with Crippen LogP contribution < -0.4 is 5.32 Å². The summed E-state index contributed by atoms with van der Waals surface area (Å²) >= 11 is 0. The lowest BCUT2D eigenvalue weighted by Gasteiger charge is -2.37.